The molecule has 1 atom stereocenters. The molecule has 0 aliphatic rings. The van der Waals surface area contributed by atoms with Crippen molar-refractivity contribution in [2.24, 2.45) is 5.92 Å². The van der Waals surface area contributed by atoms with Crippen LogP contribution in [0, 0.1) is 23.0 Å². The van der Waals surface area contributed by atoms with Crippen molar-refractivity contribution in [3.8, 4) is 0 Å². The summed E-state index contributed by atoms with van der Waals surface area (Å²) < 4.78 is 1.48. The van der Waals surface area contributed by atoms with Gasteiger partial charge in [-0.2, -0.15) is 4.68 Å². The third-order valence-electron chi connectivity index (χ3n) is 2.40. The van der Waals surface area contributed by atoms with Crippen LogP contribution in [-0.2, 0) is 11.3 Å². The fraction of sp³-hybridized carbons (Fsp3) is 0.600. The largest absolute Gasteiger partial charge is 0.390 e. The van der Waals surface area contributed by atoms with Gasteiger partial charge in [-0.05, 0) is 18.8 Å². The molecule has 0 spiro atoms. The minimum Gasteiger partial charge on any atom is -0.358 e. The highest BCUT2D eigenvalue weighted by molar-refractivity contribution is 5.78. The van der Waals surface area contributed by atoms with E-state index >= 15 is 0 Å². The Morgan fingerprint density at radius 3 is 2.82 bits per heavy atom. The summed E-state index contributed by atoms with van der Waals surface area (Å²) >= 11 is 0. The Morgan fingerprint density at radius 1 is 1.71 bits per heavy atom. The van der Waals surface area contributed by atoms with E-state index in [1.807, 2.05) is 6.92 Å². The van der Waals surface area contributed by atoms with E-state index < -0.39 is 4.92 Å². The number of nitrogens with one attached hydrogen (secondary N) is 1. The standard InChI is InChI=1S/C10H16N4O3/c1-4-11-10(15)7(2)6-13-8(3)5-9(12-13)14(16)17/h5,7H,4,6H2,1-3H3,(H,11,15). The molecule has 0 aromatic carbocycles. The molecule has 0 aliphatic heterocycles. The third-order valence-corrected chi connectivity index (χ3v) is 2.40. The first-order valence-corrected chi connectivity index (χ1v) is 5.42. The van der Waals surface area contributed by atoms with Crippen LogP contribution >= 0.6 is 0 Å². The second kappa shape index (κ2) is 5.42. The first-order chi connectivity index (χ1) is 7.95. The normalized spacial score (nSPS) is 12.2. The molecular weight excluding hydrogens is 224 g/mol. The smallest absolute Gasteiger partial charge is 0.358 e. The van der Waals surface area contributed by atoms with Crippen LogP contribution in [0.2, 0.25) is 0 Å². The summed E-state index contributed by atoms with van der Waals surface area (Å²) in [6, 6.07) is 1.39. The van der Waals surface area contributed by atoms with E-state index in [0.29, 0.717) is 18.8 Å². The van der Waals surface area contributed by atoms with Gasteiger partial charge in [0.05, 0.1) is 29.3 Å². The lowest BCUT2D eigenvalue weighted by Gasteiger charge is -2.09. The highest BCUT2D eigenvalue weighted by Crippen LogP contribution is 2.12. The predicted molar refractivity (Wildman–Crippen MR) is 61.5 cm³/mol. The first-order valence-electron chi connectivity index (χ1n) is 5.42. The fourth-order valence-corrected chi connectivity index (χ4v) is 1.46. The highest BCUT2D eigenvalue weighted by Gasteiger charge is 2.20. The summed E-state index contributed by atoms with van der Waals surface area (Å²) in [6.07, 6.45) is 0. The van der Waals surface area contributed by atoms with Gasteiger partial charge >= 0.3 is 5.82 Å². The topological polar surface area (TPSA) is 90.1 Å². The van der Waals surface area contributed by atoms with Crippen molar-refractivity contribution < 1.29 is 9.72 Å². The van der Waals surface area contributed by atoms with Crippen LogP contribution in [0.5, 0.6) is 0 Å². The van der Waals surface area contributed by atoms with Crippen LogP contribution in [0.3, 0.4) is 0 Å². The molecule has 0 bridgehead atoms. The van der Waals surface area contributed by atoms with E-state index in [1.165, 1.54) is 10.7 Å². The maximum Gasteiger partial charge on any atom is 0.390 e. The molecule has 1 aromatic heterocycles. The van der Waals surface area contributed by atoms with Gasteiger partial charge in [-0.3, -0.25) is 4.79 Å². The summed E-state index contributed by atoms with van der Waals surface area (Å²) in [4.78, 5) is 21.5. The number of amides is 1. The van der Waals surface area contributed by atoms with Crippen molar-refractivity contribution in [3.05, 3.63) is 21.9 Å². The second-order valence-electron chi connectivity index (χ2n) is 3.88. The van der Waals surface area contributed by atoms with Crippen LogP contribution in [0.4, 0.5) is 5.82 Å². The molecule has 0 aliphatic carbocycles. The number of nitro groups is 1. The quantitative estimate of drug-likeness (QED) is 0.610. The molecule has 17 heavy (non-hydrogen) atoms. The second-order valence-corrected chi connectivity index (χ2v) is 3.88. The lowest BCUT2D eigenvalue weighted by molar-refractivity contribution is -0.389. The SMILES string of the molecule is CCNC(=O)C(C)Cn1nc([N+](=O)[O-])cc1C. The summed E-state index contributed by atoms with van der Waals surface area (Å²) in [6.45, 7) is 6.24. The molecule has 1 heterocycles. The van der Waals surface area contributed by atoms with Crippen molar-refractivity contribution in [1.29, 1.82) is 0 Å². The van der Waals surface area contributed by atoms with E-state index in [0.717, 1.165) is 0 Å². The number of hydrogen-bond donors (Lipinski definition) is 1. The van der Waals surface area contributed by atoms with Gasteiger partial charge in [-0.1, -0.05) is 6.92 Å². The number of aryl methyl sites for hydroxylation is 1. The Balaban J connectivity index is 2.74. The molecule has 7 heteroatoms. The van der Waals surface area contributed by atoms with Gasteiger partial charge in [0.2, 0.25) is 5.91 Å². The molecule has 1 amide bonds. The average Bonchev–Trinajstić information content (AvgIpc) is 2.61. The van der Waals surface area contributed by atoms with E-state index in [4.69, 9.17) is 0 Å². The van der Waals surface area contributed by atoms with Gasteiger partial charge in [0.1, 0.15) is 0 Å². The third kappa shape index (κ3) is 3.27. The molecule has 0 saturated heterocycles. The first kappa shape index (κ1) is 13.1. The van der Waals surface area contributed by atoms with Crippen LogP contribution in [0.15, 0.2) is 6.07 Å². The number of carbonyl (C=O) groups excluding carboxylic acids is 1. The van der Waals surface area contributed by atoms with Crippen LogP contribution < -0.4 is 5.32 Å². The van der Waals surface area contributed by atoms with E-state index in [9.17, 15) is 14.9 Å². The molecule has 1 unspecified atom stereocenters. The molecule has 1 rings (SSSR count). The van der Waals surface area contributed by atoms with Crippen molar-refractivity contribution in [1.82, 2.24) is 15.1 Å². The van der Waals surface area contributed by atoms with Gasteiger partial charge in [-0.15, -0.1) is 0 Å². The van der Waals surface area contributed by atoms with Crippen LogP contribution in [0.1, 0.15) is 19.5 Å². The Kier molecular flexibility index (Phi) is 4.19. The van der Waals surface area contributed by atoms with Crippen molar-refractivity contribution >= 4 is 11.7 Å². The Hall–Kier alpha value is -1.92. The Morgan fingerprint density at radius 2 is 2.35 bits per heavy atom. The van der Waals surface area contributed by atoms with Gasteiger partial charge < -0.3 is 15.4 Å². The molecule has 1 aromatic rings. The molecule has 7 nitrogen and oxygen atoms in total. The highest BCUT2D eigenvalue weighted by atomic mass is 16.6. The minimum absolute atomic E-state index is 0.0787. The number of carbonyl (C=O) groups is 1. The molecule has 0 fully saturated rings. The van der Waals surface area contributed by atoms with E-state index in [2.05, 4.69) is 10.4 Å². The monoisotopic (exact) mass is 240 g/mol. The zero-order valence-corrected chi connectivity index (χ0v) is 10.1. The Bertz CT molecular complexity index is 427. The van der Waals surface area contributed by atoms with E-state index in [-0.39, 0.29) is 17.6 Å². The van der Waals surface area contributed by atoms with Crippen molar-refractivity contribution in [3.63, 3.8) is 0 Å². The summed E-state index contributed by atoms with van der Waals surface area (Å²) in [5.74, 6) is -0.538. The van der Waals surface area contributed by atoms with E-state index in [1.54, 1.807) is 13.8 Å². The molecule has 94 valence electrons. The van der Waals surface area contributed by atoms with Crippen molar-refractivity contribution in [2.45, 2.75) is 27.3 Å². The zero-order valence-electron chi connectivity index (χ0n) is 10.1. The number of aromatic nitrogens is 2. The predicted octanol–water partition coefficient (Wildman–Crippen LogP) is 0.872. The van der Waals surface area contributed by atoms with Gasteiger partial charge in [0.15, 0.2) is 0 Å². The summed E-state index contributed by atoms with van der Waals surface area (Å²) in [5.41, 5.74) is 0.674. The van der Waals surface area contributed by atoms with Crippen LogP contribution in [-0.4, -0.2) is 27.2 Å². The molecule has 1 N–H and O–H groups in total. The van der Waals surface area contributed by atoms with Gasteiger partial charge in [-0.25, -0.2) is 0 Å². The molecule has 0 saturated carbocycles. The van der Waals surface area contributed by atoms with Gasteiger partial charge in [0.25, 0.3) is 0 Å². The summed E-state index contributed by atoms with van der Waals surface area (Å²) in [7, 11) is 0. The fourth-order valence-electron chi connectivity index (χ4n) is 1.46. The van der Waals surface area contributed by atoms with Crippen molar-refractivity contribution in [2.75, 3.05) is 6.54 Å². The van der Waals surface area contributed by atoms with Crippen LogP contribution in [0.25, 0.3) is 0 Å². The maximum absolute atomic E-state index is 11.5. The lowest BCUT2D eigenvalue weighted by Crippen LogP contribution is -2.31. The number of rotatable bonds is 5. The average molecular weight is 240 g/mol. The Labute approximate surface area is 99.0 Å². The number of hydrogen-bond acceptors (Lipinski definition) is 4. The van der Waals surface area contributed by atoms with Gasteiger partial charge in [0, 0.05) is 6.54 Å². The minimum atomic E-state index is -0.541. The molecular formula is C10H16N4O3. The summed E-state index contributed by atoms with van der Waals surface area (Å²) in [5, 5.41) is 17.1. The maximum atomic E-state index is 11.5. The lowest BCUT2D eigenvalue weighted by atomic mass is 10.1. The number of nitrogens with zero attached hydrogens (tertiary/aromatic N) is 3. The zero-order chi connectivity index (χ0) is 13.0. The molecule has 0 radical (unpaired) electrons.